The molecule has 6 heteroatoms. The number of hydrogen-bond acceptors (Lipinski definition) is 4. The van der Waals surface area contributed by atoms with Gasteiger partial charge in [0.25, 0.3) is 0 Å². The van der Waals surface area contributed by atoms with Crippen LogP contribution in [0.15, 0.2) is 0 Å². The Bertz CT molecular complexity index is 384. The van der Waals surface area contributed by atoms with Gasteiger partial charge in [-0.15, -0.1) is 0 Å². The summed E-state index contributed by atoms with van der Waals surface area (Å²) in [5, 5.41) is 0. The molecule has 2 saturated heterocycles. The monoisotopic (exact) mass is 327 g/mol. The van der Waals surface area contributed by atoms with Crippen LogP contribution in [0.25, 0.3) is 0 Å². The molecule has 0 saturated carbocycles. The Morgan fingerprint density at radius 3 is 2.68 bits per heavy atom. The summed E-state index contributed by atoms with van der Waals surface area (Å²) in [5.74, 6) is 1.87. The lowest BCUT2D eigenvalue weighted by atomic mass is 9.94. The van der Waals surface area contributed by atoms with Crippen LogP contribution in [-0.2, 0) is 9.59 Å². The van der Waals surface area contributed by atoms with E-state index >= 15 is 0 Å². The summed E-state index contributed by atoms with van der Waals surface area (Å²) in [6, 6.07) is -0.354. The number of amides is 2. The number of piperidine rings is 2. The van der Waals surface area contributed by atoms with Crippen molar-refractivity contribution in [2.45, 2.75) is 44.6 Å². The highest BCUT2D eigenvalue weighted by Crippen LogP contribution is 2.21. The fraction of sp³-hybridized carbons (Fsp3) is 0.875. The maximum atomic E-state index is 12.3. The highest BCUT2D eigenvalue weighted by atomic mass is 32.2. The minimum atomic E-state index is -0.354. The van der Waals surface area contributed by atoms with E-state index in [2.05, 4.69) is 0 Å². The average molecular weight is 327 g/mol. The lowest BCUT2D eigenvalue weighted by molar-refractivity contribution is -0.136. The van der Waals surface area contributed by atoms with Crippen LogP contribution in [0.4, 0.5) is 0 Å². The van der Waals surface area contributed by atoms with Gasteiger partial charge in [-0.3, -0.25) is 9.59 Å². The molecule has 0 bridgehead atoms. The van der Waals surface area contributed by atoms with E-state index in [1.54, 1.807) is 11.8 Å². The second kappa shape index (κ2) is 8.77. The van der Waals surface area contributed by atoms with Crippen molar-refractivity contribution in [2.75, 3.05) is 38.2 Å². The Hall–Kier alpha value is -0.750. The zero-order chi connectivity index (χ0) is 15.9. The zero-order valence-corrected chi connectivity index (χ0v) is 14.4. The number of nitrogens with zero attached hydrogens (tertiary/aromatic N) is 2. The first kappa shape index (κ1) is 17.6. The molecule has 2 rings (SSSR count). The van der Waals surface area contributed by atoms with Gasteiger partial charge in [0.05, 0.1) is 6.04 Å². The molecule has 22 heavy (non-hydrogen) atoms. The maximum absolute atomic E-state index is 12.3. The van der Waals surface area contributed by atoms with Crippen molar-refractivity contribution in [2.24, 2.45) is 11.7 Å². The molecule has 2 amide bonds. The smallest absolute Gasteiger partial charge is 0.239 e. The number of thioether (sulfide) groups is 1. The van der Waals surface area contributed by atoms with Gasteiger partial charge in [-0.05, 0) is 50.0 Å². The molecule has 1 atom stereocenters. The minimum absolute atomic E-state index is 0.0987. The molecule has 0 aromatic rings. The Morgan fingerprint density at radius 2 is 2.05 bits per heavy atom. The number of likely N-dealkylation sites (tertiary alicyclic amines) is 2. The Morgan fingerprint density at radius 1 is 1.32 bits per heavy atom. The van der Waals surface area contributed by atoms with Gasteiger partial charge in [0.15, 0.2) is 0 Å². The number of rotatable bonds is 6. The van der Waals surface area contributed by atoms with Crippen LogP contribution in [0, 0.1) is 5.92 Å². The molecule has 2 heterocycles. The fourth-order valence-electron chi connectivity index (χ4n) is 3.31. The molecule has 0 spiro atoms. The fourth-order valence-corrected chi connectivity index (χ4v) is 3.79. The lowest BCUT2D eigenvalue weighted by Gasteiger charge is -2.37. The molecule has 0 aromatic heterocycles. The molecular formula is C16H29N3O2S. The third kappa shape index (κ3) is 4.88. The van der Waals surface area contributed by atoms with Crippen molar-refractivity contribution in [1.82, 2.24) is 9.80 Å². The SMILES string of the molecule is CSCC[C@H](N)C(=O)N1CCC(CN2CCCCC2=O)CC1. The molecule has 2 fully saturated rings. The van der Waals surface area contributed by atoms with Crippen LogP contribution in [-0.4, -0.2) is 65.8 Å². The predicted octanol–water partition coefficient (Wildman–Crippen LogP) is 1.32. The molecule has 2 aliphatic rings. The maximum Gasteiger partial charge on any atom is 0.239 e. The molecule has 126 valence electrons. The third-order valence-electron chi connectivity index (χ3n) is 4.78. The van der Waals surface area contributed by atoms with Crippen LogP contribution >= 0.6 is 11.8 Å². The van der Waals surface area contributed by atoms with Gasteiger partial charge < -0.3 is 15.5 Å². The summed E-state index contributed by atoms with van der Waals surface area (Å²) in [4.78, 5) is 28.1. The van der Waals surface area contributed by atoms with E-state index in [-0.39, 0.29) is 11.9 Å². The quantitative estimate of drug-likeness (QED) is 0.799. The van der Waals surface area contributed by atoms with Gasteiger partial charge in [-0.2, -0.15) is 11.8 Å². The van der Waals surface area contributed by atoms with Crippen LogP contribution in [0.2, 0.25) is 0 Å². The number of carbonyl (C=O) groups excluding carboxylic acids is 2. The Kier molecular flexibility index (Phi) is 7.02. The van der Waals surface area contributed by atoms with Crippen molar-refractivity contribution in [3.8, 4) is 0 Å². The van der Waals surface area contributed by atoms with Gasteiger partial charge >= 0.3 is 0 Å². The second-order valence-corrected chi connectivity index (χ2v) is 7.44. The van der Waals surface area contributed by atoms with Gasteiger partial charge in [0.1, 0.15) is 0 Å². The van der Waals surface area contributed by atoms with Crippen molar-refractivity contribution in [3.63, 3.8) is 0 Å². The van der Waals surface area contributed by atoms with Crippen molar-refractivity contribution in [3.05, 3.63) is 0 Å². The van der Waals surface area contributed by atoms with E-state index in [0.717, 1.165) is 64.0 Å². The van der Waals surface area contributed by atoms with Crippen molar-refractivity contribution >= 4 is 23.6 Å². The standard InChI is InChI=1S/C16H29N3O2S/c1-22-11-7-14(17)16(21)18-9-5-13(6-10-18)12-19-8-3-2-4-15(19)20/h13-14H,2-12,17H2,1H3/t14-/m0/s1. The van der Waals surface area contributed by atoms with E-state index in [0.29, 0.717) is 18.2 Å². The van der Waals surface area contributed by atoms with Gasteiger partial charge in [0.2, 0.25) is 11.8 Å². The highest BCUT2D eigenvalue weighted by molar-refractivity contribution is 7.98. The first-order valence-electron chi connectivity index (χ1n) is 8.43. The topological polar surface area (TPSA) is 66.6 Å². The lowest BCUT2D eigenvalue weighted by Crippen LogP contribution is -2.49. The van der Waals surface area contributed by atoms with E-state index in [9.17, 15) is 9.59 Å². The van der Waals surface area contributed by atoms with Gasteiger partial charge in [-0.25, -0.2) is 0 Å². The van der Waals surface area contributed by atoms with Crippen LogP contribution in [0.3, 0.4) is 0 Å². The van der Waals surface area contributed by atoms with Crippen molar-refractivity contribution in [1.29, 1.82) is 0 Å². The molecular weight excluding hydrogens is 298 g/mol. The van der Waals surface area contributed by atoms with Crippen LogP contribution in [0.5, 0.6) is 0 Å². The molecule has 5 nitrogen and oxygen atoms in total. The molecule has 2 aliphatic heterocycles. The van der Waals surface area contributed by atoms with E-state index in [4.69, 9.17) is 5.73 Å². The predicted molar refractivity (Wildman–Crippen MR) is 90.7 cm³/mol. The summed E-state index contributed by atoms with van der Waals surface area (Å²) < 4.78 is 0. The largest absolute Gasteiger partial charge is 0.342 e. The number of hydrogen-bond donors (Lipinski definition) is 1. The van der Waals surface area contributed by atoms with E-state index in [1.807, 2.05) is 16.1 Å². The Balaban J connectivity index is 1.73. The molecule has 0 aromatic carbocycles. The number of nitrogens with two attached hydrogens (primary N) is 1. The van der Waals surface area contributed by atoms with Crippen molar-refractivity contribution < 1.29 is 9.59 Å². The van der Waals surface area contributed by atoms with E-state index in [1.165, 1.54) is 0 Å². The first-order valence-corrected chi connectivity index (χ1v) is 9.82. The first-order chi connectivity index (χ1) is 10.6. The highest BCUT2D eigenvalue weighted by Gasteiger charge is 2.28. The zero-order valence-electron chi connectivity index (χ0n) is 13.6. The average Bonchev–Trinajstić information content (AvgIpc) is 2.55. The summed E-state index contributed by atoms with van der Waals surface area (Å²) in [6.07, 6.45) is 7.65. The Labute approximate surface area is 138 Å². The summed E-state index contributed by atoms with van der Waals surface area (Å²) in [5.41, 5.74) is 5.98. The molecule has 0 aliphatic carbocycles. The summed E-state index contributed by atoms with van der Waals surface area (Å²) in [7, 11) is 0. The number of carbonyl (C=O) groups is 2. The molecule has 2 N–H and O–H groups in total. The summed E-state index contributed by atoms with van der Waals surface area (Å²) in [6.45, 7) is 3.37. The minimum Gasteiger partial charge on any atom is -0.342 e. The van der Waals surface area contributed by atoms with Crippen LogP contribution < -0.4 is 5.73 Å². The van der Waals surface area contributed by atoms with E-state index < -0.39 is 0 Å². The van der Waals surface area contributed by atoms with Gasteiger partial charge in [-0.1, -0.05) is 0 Å². The third-order valence-corrected chi connectivity index (χ3v) is 5.42. The van der Waals surface area contributed by atoms with Gasteiger partial charge in [0, 0.05) is 32.6 Å². The normalized spacial score (nSPS) is 22.0. The van der Waals surface area contributed by atoms with Crippen LogP contribution in [0.1, 0.15) is 38.5 Å². The summed E-state index contributed by atoms with van der Waals surface area (Å²) >= 11 is 1.73. The second-order valence-electron chi connectivity index (χ2n) is 6.45. The molecule has 0 unspecified atom stereocenters. The molecule has 0 radical (unpaired) electrons.